The molecule has 4 heteroatoms. The Labute approximate surface area is 290 Å². The van der Waals surface area contributed by atoms with Gasteiger partial charge in [-0.1, -0.05) is 52.0 Å². The number of hydrogen-bond acceptors (Lipinski definition) is 0. The van der Waals surface area contributed by atoms with Crippen LogP contribution in [0.3, 0.4) is 0 Å². The molecule has 48 heavy (non-hydrogen) atoms. The zero-order valence-corrected chi connectivity index (χ0v) is 27.9. The molecule has 0 nitrogen and oxygen atoms in total. The molecule has 2 aromatic rings. The van der Waals surface area contributed by atoms with Gasteiger partial charge < -0.3 is 0 Å². The molecule has 0 saturated heterocycles. The summed E-state index contributed by atoms with van der Waals surface area (Å²) >= 11 is 0. The lowest BCUT2D eigenvalue weighted by atomic mass is 9.68. The van der Waals surface area contributed by atoms with E-state index in [2.05, 4.69) is 19.2 Å². The maximum absolute atomic E-state index is 13.4. The minimum atomic E-state index is -0.739. The molecule has 0 atom stereocenters. The fraction of sp³-hybridized carbons (Fsp3) is 0.636. The van der Waals surface area contributed by atoms with Crippen LogP contribution in [-0.4, -0.2) is 0 Å². The molecule has 0 bridgehead atoms. The lowest BCUT2D eigenvalue weighted by molar-refractivity contribution is 0.157. The third-order valence-corrected chi connectivity index (χ3v) is 12.5. The van der Waals surface area contributed by atoms with Crippen molar-refractivity contribution in [1.29, 1.82) is 0 Å². The van der Waals surface area contributed by atoms with Crippen molar-refractivity contribution in [3.63, 3.8) is 0 Å². The molecule has 0 unspecified atom stereocenters. The van der Waals surface area contributed by atoms with E-state index in [-0.39, 0.29) is 14.9 Å². The zero-order chi connectivity index (χ0) is 32.5. The van der Waals surface area contributed by atoms with Gasteiger partial charge in [0.1, 0.15) is 0 Å². The van der Waals surface area contributed by atoms with Gasteiger partial charge >= 0.3 is 0 Å². The first-order valence-electron chi connectivity index (χ1n) is 18.5. The molecular weight excluding hydrogens is 604 g/mol. The first-order valence-corrected chi connectivity index (χ1v) is 18.5. The summed E-state index contributed by atoms with van der Waals surface area (Å²) in [4.78, 5) is 0. The third kappa shape index (κ3) is 10.8. The number of halogens is 4. The molecule has 4 aliphatic carbocycles. The van der Waals surface area contributed by atoms with Crippen molar-refractivity contribution in [3.05, 3.63) is 96.1 Å². The Balaban J connectivity index is 0.000000251. The van der Waals surface area contributed by atoms with Gasteiger partial charge in [0.2, 0.25) is 0 Å². The second kappa shape index (κ2) is 19.7. The fourth-order valence-corrected chi connectivity index (χ4v) is 9.53. The highest BCUT2D eigenvalue weighted by molar-refractivity contribution is 5.23. The highest BCUT2D eigenvalue weighted by Gasteiger charge is 2.32. The molecule has 0 radical (unpaired) electrons. The summed E-state index contributed by atoms with van der Waals surface area (Å²) in [5.41, 5.74) is 1.97. The van der Waals surface area contributed by atoms with Gasteiger partial charge in [-0.15, -0.1) is 13.2 Å². The molecule has 268 valence electrons. The zero-order valence-electron chi connectivity index (χ0n) is 27.9. The molecule has 0 spiro atoms. The molecular formula is C44H64F4. The van der Waals surface area contributed by atoms with Crippen molar-refractivity contribution < 1.29 is 17.6 Å². The van der Waals surface area contributed by atoms with Gasteiger partial charge in [0.15, 0.2) is 23.3 Å². The van der Waals surface area contributed by atoms with E-state index in [0.29, 0.717) is 11.8 Å². The monoisotopic (exact) mass is 668 g/mol. The Bertz CT molecular complexity index is 1240. The van der Waals surface area contributed by atoms with Crippen molar-refractivity contribution in [2.75, 3.05) is 0 Å². The van der Waals surface area contributed by atoms with E-state index >= 15 is 0 Å². The highest BCUT2D eigenvalue weighted by atomic mass is 19.2. The summed E-state index contributed by atoms with van der Waals surface area (Å²) < 4.78 is 53.0. The van der Waals surface area contributed by atoms with Gasteiger partial charge in [0, 0.05) is 0 Å². The Morgan fingerprint density at radius 1 is 0.500 bits per heavy atom. The number of rotatable bonds is 8. The van der Waals surface area contributed by atoms with Crippen LogP contribution in [0.4, 0.5) is 17.6 Å². The van der Waals surface area contributed by atoms with Crippen LogP contribution in [0, 0.1) is 58.8 Å². The Kier molecular flexibility index (Phi) is 16.5. The van der Waals surface area contributed by atoms with E-state index in [1.54, 1.807) is 12.1 Å². The normalized spacial score (nSPS) is 30.4. The van der Waals surface area contributed by atoms with Crippen molar-refractivity contribution in [2.24, 2.45) is 35.5 Å². The van der Waals surface area contributed by atoms with Crippen LogP contribution in [0.15, 0.2) is 61.7 Å². The van der Waals surface area contributed by atoms with Crippen molar-refractivity contribution in [3.8, 4) is 0 Å². The van der Waals surface area contributed by atoms with Gasteiger partial charge in [-0.3, -0.25) is 0 Å². The predicted molar refractivity (Wildman–Crippen MR) is 196 cm³/mol. The Morgan fingerprint density at radius 3 is 1.23 bits per heavy atom. The van der Waals surface area contributed by atoms with Crippen LogP contribution in [-0.2, 0) is 0 Å². The van der Waals surface area contributed by atoms with E-state index in [4.69, 9.17) is 0 Å². The van der Waals surface area contributed by atoms with Crippen LogP contribution >= 0.6 is 0 Å². The first kappa shape index (κ1) is 40.1. The van der Waals surface area contributed by atoms with Gasteiger partial charge in [-0.2, -0.15) is 0 Å². The maximum Gasteiger partial charge on any atom is 0.159 e. The van der Waals surface area contributed by atoms with Crippen molar-refractivity contribution in [1.82, 2.24) is 0 Å². The molecule has 2 aromatic carbocycles. The summed E-state index contributed by atoms with van der Waals surface area (Å²) in [5, 5.41) is 0. The highest BCUT2D eigenvalue weighted by Crippen LogP contribution is 2.46. The molecule has 0 heterocycles. The van der Waals surface area contributed by atoms with Crippen LogP contribution in [0.2, 0.25) is 0 Å². The molecule has 0 aliphatic heterocycles. The van der Waals surface area contributed by atoms with E-state index in [9.17, 15) is 17.6 Å². The predicted octanol–water partition coefficient (Wildman–Crippen LogP) is 14.5. The Hall–Kier alpha value is -2.36. The van der Waals surface area contributed by atoms with Gasteiger partial charge in [0.05, 0.1) is 0 Å². The molecule has 0 amide bonds. The summed E-state index contributed by atoms with van der Waals surface area (Å²) in [6.45, 7) is 7.75. The van der Waals surface area contributed by atoms with Crippen molar-refractivity contribution in [2.45, 2.75) is 142 Å². The topological polar surface area (TPSA) is 0 Å². The lowest BCUT2D eigenvalue weighted by Crippen LogP contribution is -2.25. The SMILES string of the molecule is C.C.C=CC1CCC(C2CCC(c3ccc(F)c(F)c3)CC2)CC1.C=CCCC1CCC(C2CCC(c3ccc(F)c(F)c3)CC2)CC1. The molecule has 4 saturated carbocycles. The third-order valence-electron chi connectivity index (χ3n) is 12.5. The molecule has 4 aliphatic rings. The lowest BCUT2D eigenvalue weighted by Gasteiger charge is -2.38. The minimum Gasteiger partial charge on any atom is -0.204 e. The standard InChI is InChI=1S/C22H30F2.C20H26F2.2CH4/c1-2-3-4-16-5-7-17(8-6-16)18-9-11-19(12-10-18)20-13-14-21(23)22(24)15-20;1-2-14-3-5-15(6-4-14)16-7-9-17(10-8-16)18-11-12-19(21)20(22)13-18;;/h2,13-19H,1,3-12H2;2,11-17H,1,3-10H2;2*1H4. The molecule has 0 aromatic heterocycles. The summed E-state index contributed by atoms with van der Waals surface area (Å²) in [6, 6.07) is 8.89. The van der Waals surface area contributed by atoms with Gasteiger partial charge in [-0.05, 0) is 185 Å². The summed E-state index contributed by atoms with van der Waals surface area (Å²) in [5.74, 6) is 3.06. The van der Waals surface area contributed by atoms with E-state index < -0.39 is 23.3 Å². The van der Waals surface area contributed by atoms with Gasteiger partial charge in [-0.25, -0.2) is 17.6 Å². The Morgan fingerprint density at radius 2 is 0.875 bits per heavy atom. The number of hydrogen-bond donors (Lipinski definition) is 0. The summed E-state index contributed by atoms with van der Waals surface area (Å²) in [7, 11) is 0. The molecule has 4 fully saturated rings. The van der Waals surface area contributed by atoms with E-state index in [1.807, 2.05) is 6.08 Å². The van der Waals surface area contributed by atoms with Crippen LogP contribution in [0.5, 0.6) is 0 Å². The quantitative estimate of drug-likeness (QED) is 0.194. The van der Waals surface area contributed by atoms with Gasteiger partial charge in [0.25, 0.3) is 0 Å². The average Bonchev–Trinajstić information content (AvgIpc) is 3.10. The smallest absolute Gasteiger partial charge is 0.159 e. The second-order valence-electron chi connectivity index (χ2n) is 15.1. The molecule has 0 N–H and O–H groups in total. The minimum absolute atomic E-state index is 0. The molecule has 6 rings (SSSR count). The summed E-state index contributed by atoms with van der Waals surface area (Å²) in [6.07, 6.45) is 27.0. The average molecular weight is 669 g/mol. The second-order valence-corrected chi connectivity index (χ2v) is 15.1. The number of benzene rings is 2. The van der Waals surface area contributed by atoms with Crippen LogP contribution < -0.4 is 0 Å². The van der Waals surface area contributed by atoms with Crippen molar-refractivity contribution >= 4 is 0 Å². The van der Waals surface area contributed by atoms with Crippen LogP contribution in [0.25, 0.3) is 0 Å². The first-order chi connectivity index (χ1) is 22.3. The number of allylic oxidation sites excluding steroid dienone is 2. The maximum atomic E-state index is 13.4. The van der Waals surface area contributed by atoms with E-state index in [1.165, 1.54) is 108 Å². The van der Waals surface area contributed by atoms with E-state index in [0.717, 1.165) is 78.7 Å². The fourth-order valence-electron chi connectivity index (χ4n) is 9.53. The van der Waals surface area contributed by atoms with Crippen LogP contribution in [0.1, 0.15) is 153 Å². The largest absolute Gasteiger partial charge is 0.204 e.